The maximum absolute atomic E-state index is 11.0. The molecular weight excluding hydrogens is 160 g/mol. The standard InChI is InChI=1S/C7H10N2O3/c1-8-5(10)4-9-6(11)2-3-7(9)12/h2-4H2,1H3,(H,8,10). The van der Waals surface area contributed by atoms with Crippen molar-refractivity contribution in [1.29, 1.82) is 0 Å². The zero-order valence-corrected chi connectivity index (χ0v) is 6.79. The van der Waals surface area contributed by atoms with Crippen molar-refractivity contribution in [1.82, 2.24) is 10.2 Å². The van der Waals surface area contributed by atoms with Gasteiger partial charge < -0.3 is 5.32 Å². The Kier molecular flexibility index (Phi) is 2.42. The normalized spacial score (nSPS) is 16.9. The fourth-order valence-corrected chi connectivity index (χ4v) is 1.02. The highest BCUT2D eigenvalue weighted by molar-refractivity contribution is 6.04. The van der Waals surface area contributed by atoms with E-state index >= 15 is 0 Å². The molecule has 66 valence electrons. The van der Waals surface area contributed by atoms with Gasteiger partial charge in [-0.25, -0.2) is 0 Å². The number of imide groups is 1. The molecule has 0 aliphatic carbocycles. The molecule has 1 N–H and O–H groups in total. The van der Waals surface area contributed by atoms with Crippen LogP contribution in [0.5, 0.6) is 0 Å². The van der Waals surface area contributed by atoms with Gasteiger partial charge >= 0.3 is 0 Å². The van der Waals surface area contributed by atoms with E-state index in [1.165, 1.54) is 7.05 Å². The number of nitrogens with one attached hydrogen (secondary N) is 1. The molecule has 0 aromatic carbocycles. The Bertz CT molecular complexity index is 221. The lowest BCUT2D eigenvalue weighted by Crippen LogP contribution is -2.38. The lowest BCUT2D eigenvalue weighted by molar-refractivity contribution is -0.142. The molecule has 0 unspecified atom stereocenters. The van der Waals surface area contributed by atoms with E-state index in [4.69, 9.17) is 0 Å². The summed E-state index contributed by atoms with van der Waals surface area (Å²) in [7, 11) is 1.47. The number of likely N-dealkylation sites (tertiary alicyclic amines) is 1. The van der Waals surface area contributed by atoms with Crippen molar-refractivity contribution < 1.29 is 14.4 Å². The molecule has 5 nitrogen and oxygen atoms in total. The maximum atomic E-state index is 11.0. The van der Waals surface area contributed by atoms with E-state index in [0.29, 0.717) is 0 Å². The van der Waals surface area contributed by atoms with Gasteiger partial charge in [0.05, 0.1) is 0 Å². The van der Waals surface area contributed by atoms with E-state index in [-0.39, 0.29) is 37.1 Å². The van der Waals surface area contributed by atoms with Crippen LogP contribution in [-0.2, 0) is 14.4 Å². The number of carbonyl (C=O) groups is 3. The molecule has 1 fully saturated rings. The summed E-state index contributed by atoms with van der Waals surface area (Å²) in [5, 5.41) is 2.35. The van der Waals surface area contributed by atoms with Crippen LogP contribution in [0, 0.1) is 0 Å². The molecule has 0 aromatic heterocycles. The summed E-state index contributed by atoms with van der Waals surface area (Å²) in [5.41, 5.74) is 0. The second-order valence-corrected chi connectivity index (χ2v) is 2.55. The molecule has 0 aromatic rings. The van der Waals surface area contributed by atoms with E-state index in [0.717, 1.165) is 4.90 Å². The SMILES string of the molecule is CNC(=O)CN1C(=O)CCC1=O. The van der Waals surface area contributed by atoms with Crippen molar-refractivity contribution in [3.05, 3.63) is 0 Å². The summed E-state index contributed by atoms with van der Waals surface area (Å²) in [5.74, 6) is -0.842. The Morgan fingerprint density at radius 2 is 1.92 bits per heavy atom. The first-order valence-corrected chi connectivity index (χ1v) is 3.69. The number of likely N-dealkylation sites (N-methyl/N-ethyl adjacent to an activating group) is 1. The summed E-state index contributed by atoms with van der Waals surface area (Å²) in [4.78, 5) is 33.7. The second kappa shape index (κ2) is 3.34. The molecule has 3 amide bonds. The first-order chi connectivity index (χ1) is 5.65. The van der Waals surface area contributed by atoms with Gasteiger partial charge in [0.25, 0.3) is 0 Å². The minimum Gasteiger partial charge on any atom is -0.358 e. The first kappa shape index (κ1) is 8.70. The van der Waals surface area contributed by atoms with Gasteiger partial charge in [0.1, 0.15) is 6.54 Å². The van der Waals surface area contributed by atoms with Crippen molar-refractivity contribution in [3.8, 4) is 0 Å². The predicted molar refractivity (Wildman–Crippen MR) is 40.0 cm³/mol. The number of nitrogens with zero attached hydrogens (tertiary/aromatic N) is 1. The molecule has 12 heavy (non-hydrogen) atoms. The van der Waals surface area contributed by atoms with Crippen LogP contribution in [0.4, 0.5) is 0 Å². The Hall–Kier alpha value is -1.39. The van der Waals surface area contributed by atoms with Gasteiger partial charge in [-0.2, -0.15) is 0 Å². The smallest absolute Gasteiger partial charge is 0.239 e. The van der Waals surface area contributed by atoms with Crippen molar-refractivity contribution in [2.24, 2.45) is 0 Å². The van der Waals surface area contributed by atoms with Crippen LogP contribution < -0.4 is 5.32 Å². The van der Waals surface area contributed by atoms with Crippen LogP contribution in [0.25, 0.3) is 0 Å². The monoisotopic (exact) mass is 170 g/mol. The molecule has 1 rings (SSSR count). The zero-order valence-electron chi connectivity index (χ0n) is 6.79. The molecule has 0 spiro atoms. The van der Waals surface area contributed by atoms with Crippen molar-refractivity contribution in [2.75, 3.05) is 13.6 Å². The number of amides is 3. The molecule has 1 aliphatic rings. The minimum atomic E-state index is -0.321. The summed E-state index contributed by atoms with van der Waals surface area (Å²) in [6.45, 7) is -0.145. The van der Waals surface area contributed by atoms with Crippen LogP contribution in [-0.4, -0.2) is 36.2 Å². The fourth-order valence-electron chi connectivity index (χ4n) is 1.02. The highest BCUT2D eigenvalue weighted by atomic mass is 16.2. The third-order valence-electron chi connectivity index (χ3n) is 1.74. The number of hydrogen-bond donors (Lipinski definition) is 1. The highest BCUT2D eigenvalue weighted by Gasteiger charge is 2.29. The van der Waals surface area contributed by atoms with Gasteiger partial charge in [-0.3, -0.25) is 19.3 Å². The number of hydrogen-bond acceptors (Lipinski definition) is 3. The topological polar surface area (TPSA) is 66.5 Å². The van der Waals surface area contributed by atoms with Gasteiger partial charge in [-0.15, -0.1) is 0 Å². The molecule has 1 saturated heterocycles. The molecule has 1 aliphatic heterocycles. The van der Waals surface area contributed by atoms with E-state index in [9.17, 15) is 14.4 Å². The van der Waals surface area contributed by atoms with Crippen molar-refractivity contribution >= 4 is 17.7 Å². The molecule has 1 heterocycles. The van der Waals surface area contributed by atoms with E-state index in [1.807, 2.05) is 0 Å². The van der Waals surface area contributed by atoms with Gasteiger partial charge in [0.15, 0.2) is 0 Å². The average Bonchev–Trinajstić information content (AvgIpc) is 2.35. The quantitative estimate of drug-likeness (QED) is 0.534. The van der Waals surface area contributed by atoms with Crippen LogP contribution >= 0.6 is 0 Å². The lowest BCUT2D eigenvalue weighted by atomic mass is 10.4. The van der Waals surface area contributed by atoms with Crippen molar-refractivity contribution in [3.63, 3.8) is 0 Å². The molecule has 5 heteroatoms. The molecule has 0 bridgehead atoms. The third kappa shape index (κ3) is 1.61. The van der Waals surface area contributed by atoms with E-state index < -0.39 is 0 Å². The number of rotatable bonds is 2. The molecule has 0 saturated carbocycles. The first-order valence-electron chi connectivity index (χ1n) is 3.69. The Morgan fingerprint density at radius 1 is 1.42 bits per heavy atom. The van der Waals surface area contributed by atoms with Crippen LogP contribution in [0.3, 0.4) is 0 Å². The molecule has 0 atom stereocenters. The predicted octanol–water partition coefficient (Wildman–Crippen LogP) is -1.12. The zero-order chi connectivity index (χ0) is 9.14. The van der Waals surface area contributed by atoms with E-state index in [1.54, 1.807) is 0 Å². The molecule has 0 radical (unpaired) electrons. The lowest BCUT2D eigenvalue weighted by Gasteiger charge is -2.11. The van der Waals surface area contributed by atoms with Crippen LogP contribution in [0.1, 0.15) is 12.8 Å². The van der Waals surface area contributed by atoms with Crippen LogP contribution in [0.2, 0.25) is 0 Å². The minimum absolute atomic E-state index is 0.145. The van der Waals surface area contributed by atoms with Gasteiger partial charge in [-0.1, -0.05) is 0 Å². The second-order valence-electron chi connectivity index (χ2n) is 2.55. The summed E-state index contributed by atoms with van der Waals surface area (Å²) in [6.07, 6.45) is 0.464. The summed E-state index contributed by atoms with van der Waals surface area (Å²) in [6, 6.07) is 0. The summed E-state index contributed by atoms with van der Waals surface area (Å²) < 4.78 is 0. The average molecular weight is 170 g/mol. The highest BCUT2D eigenvalue weighted by Crippen LogP contribution is 2.10. The Morgan fingerprint density at radius 3 is 2.33 bits per heavy atom. The van der Waals surface area contributed by atoms with Crippen LogP contribution in [0.15, 0.2) is 0 Å². The van der Waals surface area contributed by atoms with Gasteiger partial charge in [-0.05, 0) is 0 Å². The third-order valence-corrected chi connectivity index (χ3v) is 1.74. The fraction of sp³-hybridized carbons (Fsp3) is 0.571. The Balaban J connectivity index is 2.56. The van der Waals surface area contributed by atoms with Gasteiger partial charge in [0, 0.05) is 19.9 Å². The largest absolute Gasteiger partial charge is 0.358 e. The number of carbonyl (C=O) groups excluding carboxylic acids is 3. The van der Waals surface area contributed by atoms with Gasteiger partial charge in [0.2, 0.25) is 17.7 Å². The summed E-state index contributed by atoms with van der Waals surface area (Å²) >= 11 is 0. The Labute approximate surface area is 69.7 Å². The maximum Gasteiger partial charge on any atom is 0.239 e. The molecular formula is C7H10N2O3. The van der Waals surface area contributed by atoms with E-state index in [2.05, 4.69) is 5.32 Å². The van der Waals surface area contributed by atoms with Crippen molar-refractivity contribution in [2.45, 2.75) is 12.8 Å².